The predicted octanol–water partition coefficient (Wildman–Crippen LogP) is 3.09. The van der Waals surface area contributed by atoms with Gasteiger partial charge in [-0.1, -0.05) is 18.2 Å². The van der Waals surface area contributed by atoms with Crippen LogP contribution in [-0.2, 0) is 13.5 Å². The highest BCUT2D eigenvalue weighted by Gasteiger charge is 2.17. The number of halogens is 1. The third kappa shape index (κ3) is 2.02. The molecule has 0 amide bonds. The van der Waals surface area contributed by atoms with Crippen LogP contribution in [0.15, 0.2) is 28.9 Å². The van der Waals surface area contributed by atoms with Crippen molar-refractivity contribution in [1.82, 2.24) is 9.88 Å². The Morgan fingerprint density at radius 2 is 2.35 bits per heavy atom. The second kappa shape index (κ2) is 4.46. The Kier molecular flexibility index (Phi) is 2.97. The van der Waals surface area contributed by atoms with Crippen LogP contribution in [0.5, 0.6) is 0 Å². The van der Waals surface area contributed by atoms with Crippen LogP contribution in [0.3, 0.4) is 0 Å². The minimum atomic E-state index is 0.800. The summed E-state index contributed by atoms with van der Waals surface area (Å²) in [5.74, 6) is 0.800. The second-order valence-corrected chi connectivity index (χ2v) is 5.82. The molecule has 1 saturated heterocycles. The van der Waals surface area contributed by atoms with Gasteiger partial charge in [0.1, 0.15) is 0 Å². The molecule has 1 unspecified atom stereocenters. The molecule has 90 valence electrons. The molecule has 0 bridgehead atoms. The molecule has 1 atom stereocenters. The summed E-state index contributed by atoms with van der Waals surface area (Å²) < 4.78 is 3.43. The van der Waals surface area contributed by atoms with Crippen molar-refractivity contribution in [2.45, 2.75) is 12.8 Å². The third-order valence-corrected chi connectivity index (χ3v) is 4.34. The van der Waals surface area contributed by atoms with Gasteiger partial charge < -0.3 is 9.88 Å². The molecule has 0 radical (unpaired) electrons. The van der Waals surface area contributed by atoms with E-state index in [0.717, 1.165) is 5.92 Å². The number of para-hydroxylation sites is 1. The Labute approximate surface area is 110 Å². The molecule has 0 saturated carbocycles. The Morgan fingerprint density at radius 3 is 3.12 bits per heavy atom. The van der Waals surface area contributed by atoms with E-state index in [4.69, 9.17) is 0 Å². The molecule has 1 aromatic heterocycles. The molecule has 1 aliphatic rings. The standard InChI is InChI=1S/C14H17BrN2/c1-17-9-13(15)12-4-2-3-11(14(12)17)7-10-5-6-16-8-10/h2-4,9-10,16H,5-8H2,1H3. The lowest BCUT2D eigenvalue weighted by molar-refractivity contribution is 0.581. The molecule has 1 fully saturated rings. The average molecular weight is 293 g/mol. The van der Waals surface area contributed by atoms with Crippen molar-refractivity contribution in [2.75, 3.05) is 13.1 Å². The summed E-state index contributed by atoms with van der Waals surface area (Å²) in [6.07, 6.45) is 4.65. The maximum Gasteiger partial charge on any atom is 0.0522 e. The molecule has 2 nitrogen and oxygen atoms in total. The van der Waals surface area contributed by atoms with Gasteiger partial charge in [0.15, 0.2) is 0 Å². The fraction of sp³-hybridized carbons (Fsp3) is 0.429. The molecule has 0 spiro atoms. The predicted molar refractivity (Wildman–Crippen MR) is 75.3 cm³/mol. The number of nitrogens with zero attached hydrogens (tertiary/aromatic N) is 1. The monoisotopic (exact) mass is 292 g/mol. The van der Waals surface area contributed by atoms with E-state index in [1.807, 2.05) is 0 Å². The summed E-state index contributed by atoms with van der Waals surface area (Å²) in [5, 5.41) is 4.77. The highest BCUT2D eigenvalue weighted by molar-refractivity contribution is 9.10. The lowest BCUT2D eigenvalue weighted by Crippen LogP contribution is -2.11. The molecule has 3 rings (SSSR count). The number of aryl methyl sites for hydroxylation is 1. The molecule has 1 N–H and O–H groups in total. The van der Waals surface area contributed by atoms with Crippen LogP contribution < -0.4 is 5.32 Å². The van der Waals surface area contributed by atoms with Crippen LogP contribution in [0.4, 0.5) is 0 Å². The summed E-state index contributed by atoms with van der Waals surface area (Å²) >= 11 is 3.63. The van der Waals surface area contributed by atoms with Crippen LogP contribution in [-0.4, -0.2) is 17.7 Å². The highest BCUT2D eigenvalue weighted by Crippen LogP contribution is 2.29. The number of fused-ring (bicyclic) bond motifs is 1. The zero-order valence-corrected chi connectivity index (χ0v) is 11.6. The third-order valence-electron chi connectivity index (χ3n) is 3.71. The maximum absolute atomic E-state index is 3.63. The maximum atomic E-state index is 3.63. The number of rotatable bonds is 2. The molecule has 0 aliphatic carbocycles. The van der Waals surface area contributed by atoms with Crippen molar-refractivity contribution in [2.24, 2.45) is 13.0 Å². The van der Waals surface area contributed by atoms with Gasteiger partial charge in [-0.2, -0.15) is 0 Å². The van der Waals surface area contributed by atoms with Gasteiger partial charge in [0.25, 0.3) is 0 Å². The molecular formula is C14H17BrN2. The van der Waals surface area contributed by atoms with E-state index in [-0.39, 0.29) is 0 Å². The fourth-order valence-corrected chi connectivity index (χ4v) is 3.50. The molecule has 17 heavy (non-hydrogen) atoms. The van der Waals surface area contributed by atoms with Gasteiger partial charge >= 0.3 is 0 Å². The lowest BCUT2D eigenvalue weighted by Gasteiger charge is -2.10. The lowest BCUT2D eigenvalue weighted by atomic mass is 9.97. The molecule has 1 aliphatic heterocycles. The summed E-state index contributed by atoms with van der Waals surface area (Å²) in [4.78, 5) is 0. The minimum absolute atomic E-state index is 0.800. The SMILES string of the molecule is Cn1cc(Br)c2cccc(CC3CCNC3)c21. The zero-order valence-electron chi connectivity index (χ0n) is 10.0. The van der Waals surface area contributed by atoms with E-state index in [2.05, 4.69) is 57.3 Å². The van der Waals surface area contributed by atoms with Crippen molar-refractivity contribution in [3.8, 4) is 0 Å². The fourth-order valence-electron chi connectivity index (χ4n) is 2.87. The van der Waals surface area contributed by atoms with Crippen molar-refractivity contribution in [3.63, 3.8) is 0 Å². The first-order valence-electron chi connectivity index (χ1n) is 6.19. The molecular weight excluding hydrogens is 276 g/mol. The first kappa shape index (κ1) is 11.3. The van der Waals surface area contributed by atoms with Crippen LogP contribution in [0.1, 0.15) is 12.0 Å². The van der Waals surface area contributed by atoms with Gasteiger partial charge in [0.05, 0.1) is 5.52 Å². The minimum Gasteiger partial charge on any atom is -0.349 e. The van der Waals surface area contributed by atoms with Gasteiger partial charge in [-0.15, -0.1) is 0 Å². The Hall–Kier alpha value is -0.800. The molecule has 2 heterocycles. The molecule has 3 heteroatoms. The van der Waals surface area contributed by atoms with Gasteiger partial charge in [-0.25, -0.2) is 0 Å². The number of benzene rings is 1. The van der Waals surface area contributed by atoms with Crippen molar-refractivity contribution in [1.29, 1.82) is 0 Å². The van der Waals surface area contributed by atoms with E-state index in [0.29, 0.717) is 0 Å². The van der Waals surface area contributed by atoms with E-state index in [1.165, 1.54) is 46.9 Å². The highest BCUT2D eigenvalue weighted by atomic mass is 79.9. The smallest absolute Gasteiger partial charge is 0.0522 e. The Bertz CT molecular complexity index is 538. The first-order chi connectivity index (χ1) is 8.25. The van der Waals surface area contributed by atoms with Crippen LogP contribution in [0.2, 0.25) is 0 Å². The summed E-state index contributed by atoms with van der Waals surface area (Å²) in [7, 11) is 2.13. The van der Waals surface area contributed by atoms with Gasteiger partial charge in [-0.05, 0) is 53.3 Å². The van der Waals surface area contributed by atoms with Gasteiger partial charge in [0, 0.05) is 23.1 Å². The summed E-state index contributed by atoms with van der Waals surface area (Å²) in [6, 6.07) is 6.63. The topological polar surface area (TPSA) is 17.0 Å². The zero-order chi connectivity index (χ0) is 11.8. The number of aromatic nitrogens is 1. The Morgan fingerprint density at radius 1 is 1.47 bits per heavy atom. The average Bonchev–Trinajstić information content (AvgIpc) is 2.90. The van der Waals surface area contributed by atoms with Crippen molar-refractivity contribution in [3.05, 3.63) is 34.4 Å². The van der Waals surface area contributed by atoms with E-state index in [1.54, 1.807) is 0 Å². The van der Waals surface area contributed by atoms with E-state index >= 15 is 0 Å². The first-order valence-corrected chi connectivity index (χ1v) is 6.98. The number of nitrogens with one attached hydrogen (secondary N) is 1. The molecule has 1 aromatic carbocycles. The number of hydrogen-bond donors (Lipinski definition) is 1. The number of hydrogen-bond acceptors (Lipinski definition) is 1. The normalized spacial score (nSPS) is 20.2. The molecule has 2 aromatic rings. The largest absolute Gasteiger partial charge is 0.349 e. The second-order valence-electron chi connectivity index (χ2n) is 4.96. The van der Waals surface area contributed by atoms with Gasteiger partial charge in [0.2, 0.25) is 0 Å². The van der Waals surface area contributed by atoms with E-state index < -0.39 is 0 Å². The van der Waals surface area contributed by atoms with E-state index in [9.17, 15) is 0 Å². The summed E-state index contributed by atoms with van der Waals surface area (Å²) in [6.45, 7) is 2.35. The van der Waals surface area contributed by atoms with Crippen LogP contribution in [0.25, 0.3) is 10.9 Å². The quantitative estimate of drug-likeness (QED) is 0.900. The van der Waals surface area contributed by atoms with Gasteiger partial charge in [-0.3, -0.25) is 0 Å². The van der Waals surface area contributed by atoms with Crippen LogP contribution in [0, 0.1) is 5.92 Å². The van der Waals surface area contributed by atoms with Crippen molar-refractivity contribution >= 4 is 26.8 Å². The van der Waals surface area contributed by atoms with Crippen LogP contribution >= 0.6 is 15.9 Å². The Balaban J connectivity index is 2.03. The summed E-state index contributed by atoms with van der Waals surface area (Å²) in [5.41, 5.74) is 2.86. The van der Waals surface area contributed by atoms with Crippen molar-refractivity contribution < 1.29 is 0 Å².